The highest BCUT2D eigenvalue weighted by atomic mass is 16.5. The molecule has 1 aliphatic heterocycles. The zero-order valence-electron chi connectivity index (χ0n) is 28.7. The van der Waals surface area contributed by atoms with Crippen LogP contribution in [-0.2, 0) is 17.8 Å². The van der Waals surface area contributed by atoms with Crippen LogP contribution in [0.4, 0.5) is 0 Å². The van der Waals surface area contributed by atoms with Gasteiger partial charge >= 0.3 is 0 Å². The lowest BCUT2D eigenvalue weighted by Crippen LogP contribution is -2.44. The van der Waals surface area contributed by atoms with Crippen molar-refractivity contribution in [3.05, 3.63) is 93.8 Å². The minimum absolute atomic E-state index is 0.0566. The highest BCUT2D eigenvalue weighted by Gasteiger charge is 2.45. The van der Waals surface area contributed by atoms with Gasteiger partial charge in [0.1, 0.15) is 5.75 Å². The van der Waals surface area contributed by atoms with Crippen LogP contribution in [0.3, 0.4) is 0 Å². The predicted octanol–water partition coefficient (Wildman–Crippen LogP) is 4.81. The highest BCUT2D eigenvalue weighted by molar-refractivity contribution is 5.64. The van der Waals surface area contributed by atoms with Gasteiger partial charge < -0.3 is 50.4 Å². The molecule has 1 aromatic heterocycles. The lowest BCUT2D eigenvalue weighted by atomic mass is 9.64. The summed E-state index contributed by atoms with van der Waals surface area (Å²) in [6.45, 7) is -0.592. The van der Waals surface area contributed by atoms with Crippen molar-refractivity contribution >= 4 is 0 Å². The summed E-state index contributed by atoms with van der Waals surface area (Å²) in [5, 5.41) is 68.9. The number of likely N-dealkylation sites (N-methyl/N-ethyl adjacent to an activating group) is 1. The highest BCUT2D eigenvalue weighted by Crippen LogP contribution is 2.53. The molecular formula is C40H49N2O8-. The maximum absolute atomic E-state index is 11.5. The number of fused-ring (bicyclic) bond motifs is 2. The number of methoxy groups -OCH3 is 1. The summed E-state index contributed by atoms with van der Waals surface area (Å²) in [6, 6.07) is 8.04. The van der Waals surface area contributed by atoms with Crippen LogP contribution in [0.5, 0.6) is 23.0 Å². The number of allylic oxidation sites excluding steroid dienone is 2. The first-order chi connectivity index (χ1) is 24.3. The molecule has 50 heavy (non-hydrogen) atoms. The number of phenols is 3. The second kappa shape index (κ2) is 14.4. The van der Waals surface area contributed by atoms with Gasteiger partial charge in [-0.15, -0.1) is 0 Å². The molecule has 2 heterocycles. The summed E-state index contributed by atoms with van der Waals surface area (Å²) in [7, 11) is 3.40. The van der Waals surface area contributed by atoms with E-state index in [-0.39, 0.29) is 59.9 Å². The zero-order chi connectivity index (χ0) is 35.1. The van der Waals surface area contributed by atoms with E-state index in [0.29, 0.717) is 35.9 Å². The number of aromatic nitrogens is 1. The summed E-state index contributed by atoms with van der Waals surface area (Å²) < 4.78 is 12.4. The van der Waals surface area contributed by atoms with Crippen molar-refractivity contribution in [1.82, 2.24) is 10.3 Å². The van der Waals surface area contributed by atoms with Gasteiger partial charge in [-0.25, -0.2) is 0 Å². The molecule has 10 heteroatoms. The van der Waals surface area contributed by atoms with Crippen LogP contribution in [0.1, 0.15) is 89.8 Å². The number of ether oxygens (including phenoxy) is 2. The normalized spacial score (nSPS) is 30.7. The third-order valence-electron chi connectivity index (χ3n) is 12.0. The average Bonchev–Trinajstić information content (AvgIpc) is 3.65. The van der Waals surface area contributed by atoms with Crippen molar-refractivity contribution in [3.63, 3.8) is 0 Å². The first-order valence-electron chi connectivity index (χ1n) is 17.9. The van der Waals surface area contributed by atoms with Crippen LogP contribution in [0.15, 0.2) is 60.5 Å². The predicted molar refractivity (Wildman–Crippen MR) is 187 cm³/mol. The summed E-state index contributed by atoms with van der Waals surface area (Å²) in [5.74, 6) is -0.0826. The van der Waals surface area contributed by atoms with Gasteiger partial charge in [0.15, 0.2) is 11.5 Å². The number of hydrogen-bond donors (Lipinski definition) is 7. The molecular weight excluding hydrogens is 636 g/mol. The molecule has 7 rings (SSSR count). The Bertz CT molecular complexity index is 1740. The molecule has 7 N–H and O–H groups in total. The van der Waals surface area contributed by atoms with Crippen molar-refractivity contribution in [2.24, 2.45) is 17.8 Å². The molecule has 0 unspecified atom stereocenters. The number of nitrogens with one attached hydrogen (secondary N) is 1. The molecule has 1 saturated carbocycles. The van der Waals surface area contributed by atoms with Crippen molar-refractivity contribution in [2.75, 3.05) is 20.8 Å². The van der Waals surface area contributed by atoms with Gasteiger partial charge in [-0.05, 0) is 86.1 Å². The fourth-order valence-electron chi connectivity index (χ4n) is 9.45. The number of aromatic hydroxyl groups is 3. The van der Waals surface area contributed by atoms with Crippen molar-refractivity contribution in [1.29, 1.82) is 0 Å². The van der Waals surface area contributed by atoms with E-state index >= 15 is 0 Å². The fraction of sp³-hybridized carbons (Fsp3) is 0.500. The Hall–Kier alpha value is -3.80. The molecule has 4 aliphatic rings. The Labute approximate surface area is 293 Å². The van der Waals surface area contributed by atoms with Gasteiger partial charge in [0.25, 0.3) is 0 Å². The van der Waals surface area contributed by atoms with Crippen LogP contribution in [0.2, 0.25) is 0 Å². The maximum Gasteiger partial charge on any atom is 0.201 e. The quantitative estimate of drug-likeness (QED) is 0.123. The molecule has 2 aromatic carbocycles. The fourth-order valence-corrected chi connectivity index (χ4v) is 9.45. The second-order valence-electron chi connectivity index (χ2n) is 14.6. The van der Waals surface area contributed by atoms with Crippen LogP contribution < -0.4 is 15.0 Å². The number of nitrogens with zero attached hydrogens (tertiary/aromatic N) is 1. The van der Waals surface area contributed by atoms with Crippen LogP contribution in [-0.4, -0.2) is 69.7 Å². The van der Waals surface area contributed by atoms with E-state index in [4.69, 9.17) is 9.47 Å². The van der Waals surface area contributed by atoms with Gasteiger partial charge in [-0.3, -0.25) is 0 Å². The third kappa shape index (κ3) is 6.22. The van der Waals surface area contributed by atoms with Crippen LogP contribution >= 0.6 is 0 Å². The van der Waals surface area contributed by atoms with Crippen molar-refractivity contribution in [3.8, 4) is 23.0 Å². The van der Waals surface area contributed by atoms with E-state index in [1.807, 2.05) is 19.2 Å². The molecule has 268 valence electrons. The van der Waals surface area contributed by atoms with Crippen LogP contribution in [0.25, 0.3) is 0 Å². The summed E-state index contributed by atoms with van der Waals surface area (Å²) in [4.78, 5) is 4.17. The minimum Gasteiger partial charge on any atom is -0.670 e. The molecule has 3 aromatic rings. The number of aliphatic hydroxyl groups is 3. The number of phenolic OH excluding ortho intramolecular Hbond substituents is 2. The maximum atomic E-state index is 11.5. The molecule has 0 amide bonds. The van der Waals surface area contributed by atoms with Gasteiger partial charge in [0.2, 0.25) is 5.75 Å². The number of hydrogen-bond acceptors (Lipinski definition) is 9. The second-order valence-corrected chi connectivity index (χ2v) is 14.6. The molecule has 9 atom stereocenters. The van der Waals surface area contributed by atoms with E-state index in [1.165, 1.54) is 7.11 Å². The summed E-state index contributed by atoms with van der Waals surface area (Å²) in [5.41, 5.74) is 4.97. The Balaban J connectivity index is 1.20. The first kappa shape index (κ1) is 34.6. The smallest absolute Gasteiger partial charge is 0.201 e. The van der Waals surface area contributed by atoms with E-state index in [2.05, 4.69) is 34.6 Å². The average molecular weight is 686 g/mol. The Morgan fingerprint density at radius 2 is 1.82 bits per heavy atom. The Kier molecular flexibility index (Phi) is 10.0. The molecule has 0 spiro atoms. The lowest BCUT2D eigenvalue weighted by Gasteiger charge is -2.46. The SMILES string of the molecule is CN[C@H]1C=C[C@@H]2[C@H](CC=C(CO)[C@@H]2c2cc([C@@H]3CC[C@H]4[C@H](C3)O[C@H](c3c(CO)c(O)c(O)c(OC)c3Cc3cc[n-]c3)C[C@@H]4O)ccc2O)C1. The number of benzene rings is 2. The first-order valence-corrected chi connectivity index (χ1v) is 17.9. The third-order valence-corrected chi connectivity index (χ3v) is 12.0. The zero-order valence-corrected chi connectivity index (χ0v) is 28.7. The molecule has 1 saturated heterocycles. The molecule has 2 fully saturated rings. The van der Waals surface area contributed by atoms with E-state index in [9.17, 15) is 30.6 Å². The summed E-state index contributed by atoms with van der Waals surface area (Å²) >= 11 is 0. The van der Waals surface area contributed by atoms with Gasteiger partial charge in [0.05, 0.1) is 38.6 Å². The van der Waals surface area contributed by atoms with Gasteiger partial charge in [-0.1, -0.05) is 42.0 Å². The lowest BCUT2D eigenvalue weighted by molar-refractivity contribution is -0.154. The number of rotatable bonds is 9. The molecule has 10 nitrogen and oxygen atoms in total. The minimum atomic E-state index is -0.673. The largest absolute Gasteiger partial charge is 0.670 e. The van der Waals surface area contributed by atoms with Crippen molar-refractivity contribution in [2.45, 2.75) is 87.7 Å². The van der Waals surface area contributed by atoms with Crippen molar-refractivity contribution < 1.29 is 40.1 Å². The van der Waals surface area contributed by atoms with E-state index < -0.39 is 30.3 Å². The Morgan fingerprint density at radius 3 is 2.54 bits per heavy atom. The van der Waals surface area contributed by atoms with Gasteiger partial charge in [-0.2, -0.15) is 12.4 Å². The van der Waals surface area contributed by atoms with E-state index in [0.717, 1.165) is 47.9 Å². The Morgan fingerprint density at radius 1 is 0.980 bits per heavy atom. The molecule has 0 bridgehead atoms. The van der Waals surface area contributed by atoms with E-state index in [1.54, 1.807) is 18.5 Å². The summed E-state index contributed by atoms with van der Waals surface area (Å²) in [6.07, 6.45) is 13.1. The molecule has 0 radical (unpaired) electrons. The molecule has 3 aliphatic carbocycles. The monoisotopic (exact) mass is 685 g/mol. The topological polar surface area (TPSA) is 166 Å². The van der Waals surface area contributed by atoms with Crippen LogP contribution in [0, 0.1) is 17.8 Å². The number of aliphatic hydroxyl groups excluding tert-OH is 3. The standard InChI is InChI=1S/C40H49N2O8/c1-41-26-7-9-27-24(14-26)3-4-25(19-43)36(27)29-15-22(6-10-32(29)45)23-5-8-28-33(46)17-35(50-34(28)16-23)37-30(13-21-11-12-42-18-21)40(49-2)39(48)38(47)31(37)20-44/h4,6-7,9-12,15,18,23-24,26-28,33-36,41,43-48H,3,5,8,13-14,16-17,19-20H2,1-2H3/q-1/t23-,24-,26+,27-,28-,33+,34+,35+,36+/m1/s1. The van der Waals surface area contributed by atoms with Gasteiger partial charge in [0, 0.05) is 41.0 Å².